The molecule has 32 heavy (non-hydrogen) atoms. The molecule has 0 aliphatic rings. The maximum atomic E-state index is 13.4. The average molecular weight is 473 g/mol. The van der Waals surface area contributed by atoms with Crippen LogP contribution in [-0.4, -0.2) is 34.7 Å². The third-order valence-corrected chi connectivity index (χ3v) is 6.36. The second-order valence-electron chi connectivity index (χ2n) is 7.64. The van der Waals surface area contributed by atoms with Crippen LogP contribution in [0.3, 0.4) is 0 Å². The fourth-order valence-corrected chi connectivity index (χ4v) is 4.48. The lowest BCUT2D eigenvalue weighted by Gasteiger charge is -2.28. The van der Waals surface area contributed by atoms with E-state index in [4.69, 9.17) is 11.6 Å². The number of aryl methyl sites for hydroxylation is 1. The number of halogens is 2. The Labute approximate surface area is 197 Å². The van der Waals surface area contributed by atoms with E-state index in [9.17, 15) is 14.0 Å². The summed E-state index contributed by atoms with van der Waals surface area (Å²) >= 11 is 7.64. The highest BCUT2D eigenvalue weighted by atomic mass is 35.5. The Morgan fingerprint density at radius 2 is 1.78 bits per heavy atom. The Morgan fingerprint density at radius 1 is 1.03 bits per heavy atom. The van der Waals surface area contributed by atoms with Crippen LogP contribution in [0.5, 0.6) is 0 Å². The zero-order chi connectivity index (χ0) is 23.1. The molecule has 1 aromatic heterocycles. The fraction of sp³-hybridized carbons (Fsp3) is 0.280. The summed E-state index contributed by atoms with van der Waals surface area (Å²) in [6.07, 6.45) is 0.724. The summed E-state index contributed by atoms with van der Waals surface area (Å²) in [4.78, 5) is 30.8. The molecule has 168 valence electrons. The van der Waals surface area contributed by atoms with Crippen LogP contribution in [0.2, 0.25) is 5.02 Å². The molecule has 0 saturated heterocycles. The highest BCUT2D eigenvalue weighted by Crippen LogP contribution is 2.20. The highest BCUT2D eigenvalue weighted by molar-refractivity contribution is 7.10. The van der Waals surface area contributed by atoms with Gasteiger partial charge in [0.15, 0.2) is 0 Å². The van der Waals surface area contributed by atoms with Gasteiger partial charge < -0.3 is 9.80 Å². The Kier molecular flexibility index (Phi) is 8.42. The van der Waals surface area contributed by atoms with Crippen LogP contribution in [0.15, 0.2) is 60.0 Å². The Balaban J connectivity index is 1.81. The molecule has 4 nitrogen and oxygen atoms in total. The molecular weight excluding hydrogens is 447 g/mol. The van der Waals surface area contributed by atoms with Gasteiger partial charge in [0, 0.05) is 28.6 Å². The molecule has 0 fully saturated rings. The first-order valence-corrected chi connectivity index (χ1v) is 11.7. The van der Waals surface area contributed by atoms with Gasteiger partial charge in [-0.3, -0.25) is 9.59 Å². The normalized spacial score (nSPS) is 10.8. The summed E-state index contributed by atoms with van der Waals surface area (Å²) in [6.45, 7) is 5.17. The molecule has 2 amide bonds. The van der Waals surface area contributed by atoms with E-state index in [2.05, 4.69) is 0 Å². The number of rotatable bonds is 9. The van der Waals surface area contributed by atoms with Crippen LogP contribution in [0.25, 0.3) is 0 Å². The monoisotopic (exact) mass is 472 g/mol. The second-order valence-corrected chi connectivity index (χ2v) is 9.08. The lowest BCUT2D eigenvalue weighted by atomic mass is 10.1. The molecule has 0 spiro atoms. The summed E-state index contributed by atoms with van der Waals surface area (Å²) in [5.41, 5.74) is 2.41. The molecule has 1 heterocycles. The van der Waals surface area contributed by atoms with E-state index >= 15 is 0 Å². The van der Waals surface area contributed by atoms with E-state index in [1.807, 2.05) is 25.3 Å². The molecule has 0 aliphatic heterocycles. The first-order valence-electron chi connectivity index (χ1n) is 10.5. The third-order valence-electron chi connectivity index (χ3n) is 5.12. The quantitative estimate of drug-likeness (QED) is 0.387. The average Bonchev–Trinajstić information content (AvgIpc) is 3.18. The van der Waals surface area contributed by atoms with Crippen LogP contribution in [0.4, 0.5) is 4.39 Å². The van der Waals surface area contributed by atoms with E-state index in [1.54, 1.807) is 57.5 Å². The standard InChI is InChI=1S/C25H26ClFN2O2S/c1-3-12-28(25(31)20-5-4-6-21(26)14-20)17-24(30)29(16-23-18(2)11-13-32-23)15-19-7-9-22(27)10-8-19/h4-11,13-14H,3,12,15-17H2,1-2H3. The number of carbonyl (C=O) groups excluding carboxylic acids is 2. The summed E-state index contributed by atoms with van der Waals surface area (Å²) in [7, 11) is 0. The summed E-state index contributed by atoms with van der Waals surface area (Å²) in [5.74, 6) is -0.704. The van der Waals surface area contributed by atoms with E-state index < -0.39 is 0 Å². The van der Waals surface area contributed by atoms with E-state index in [-0.39, 0.29) is 24.2 Å². The molecule has 0 bridgehead atoms. The molecule has 0 aliphatic carbocycles. The van der Waals surface area contributed by atoms with Gasteiger partial charge in [0.05, 0.1) is 6.54 Å². The lowest BCUT2D eigenvalue weighted by Crippen LogP contribution is -2.42. The molecule has 0 radical (unpaired) electrons. The molecule has 3 rings (SSSR count). The molecule has 2 aromatic carbocycles. The number of nitrogens with zero attached hydrogens (tertiary/aromatic N) is 2. The minimum Gasteiger partial charge on any atom is -0.332 e. The van der Waals surface area contributed by atoms with Crippen molar-refractivity contribution in [2.75, 3.05) is 13.1 Å². The predicted molar refractivity (Wildman–Crippen MR) is 127 cm³/mol. The van der Waals surface area contributed by atoms with Crippen LogP contribution in [-0.2, 0) is 17.9 Å². The van der Waals surface area contributed by atoms with Crippen molar-refractivity contribution < 1.29 is 14.0 Å². The van der Waals surface area contributed by atoms with Gasteiger partial charge in [-0.05, 0) is 66.2 Å². The second kappa shape index (κ2) is 11.2. The topological polar surface area (TPSA) is 40.6 Å². The number of hydrogen-bond acceptors (Lipinski definition) is 3. The van der Waals surface area contributed by atoms with E-state index in [1.165, 1.54) is 12.1 Å². The summed E-state index contributed by atoms with van der Waals surface area (Å²) < 4.78 is 13.3. The van der Waals surface area contributed by atoms with Crippen LogP contribution >= 0.6 is 22.9 Å². The predicted octanol–water partition coefficient (Wildman–Crippen LogP) is 5.93. The van der Waals surface area contributed by atoms with Crippen LogP contribution in [0, 0.1) is 12.7 Å². The zero-order valence-electron chi connectivity index (χ0n) is 18.2. The molecule has 3 aromatic rings. The van der Waals surface area contributed by atoms with E-state index in [0.717, 1.165) is 22.4 Å². The van der Waals surface area contributed by atoms with Gasteiger partial charge in [-0.15, -0.1) is 11.3 Å². The number of benzene rings is 2. The van der Waals surface area contributed by atoms with Crippen LogP contribution in [0.1, 0.15) is 39.7 Å². The number of thiophene rings is 1. The molecule has 0 saturated carbocycles. The van der Waals surface area contributed by atoms with Gasteiger partial charge in [0.2, 0.25) is 5.91 Å². The molecular formula is C25H26ClFN2O2S. The largest absolute Gasteiger partial charge is 0.332 e. The van der Waals surface area contributed by atoms with E-state index in [0.29, 0.717) is 30.2 Å². The number of amides is 2. The van der Waals surface area contributed by atoms with Gasteiger partial charge in [-0.25, -0.2) is 4.39 Å². The summed E-state index contributed by atoms with van der Waals surface area (Å²) in [6, 6.07) is 14.9. The van der Waals surface area contributed by atoms with Crippen molar-refractivity contribution in [3.8, 4) is 0 Å². The fourth-order valence-electron chi connectivity index (χ4n) is 3.37. The first kappa shape index (κ1) is 24.0. The third kappa shape index (κ3) is 6.40. The maximum Gasteiger partial charge on any atom is 0.254 e. The van der Waals surface area contributed by atoms with Gasteiger partial charge in [0.25, 0.3) is 5.91 Å². The first-order chi connectivity index (χ1) is 15.4. The number of hydrogen-bond donors (Lipinski definition) is 0. The Hall–Kier alpha value is -2.70. The highest BCUT2D eigenvalue weighted by Gasteiger charge is 2.23. The van der Waals surface area contributed by atoms with Crippen LogP contribution < -0.4 is 0 Å². The van der Waals surface area contributed by atoms with Gasteiger partial charge in [-0.2, -0.15) is 0 Å². The van der Waals surface area contributed by atoms with Gasteiger partial charge in [-0.1, -0.05) is 36.7 Å². The van der Waals surface area contributed by atoms with Crippen molar-refractivity contribution in [1.82, 2.24) is 9.80 Å². The molecule has 7 heteroatoms. The van der Waals surface area contributed by atoms with Crippen molar-refractivity contribution in [2.24, 2.45) is 0 Å². The maximum absolute atomic E-state index is 13.4. The lowest BCUT2D eigenvalue weighted by molar-refractivity contribution is -0.133. The van der Waals surface area contributed by atoms with Crippen molar-refractivity contribution in [3.05, 3.63) is 92.4 Å². The summed E-state index contributed by atoms with van der Waals surface area (Å²) in [5, 5.41) is 2.47. The zero-order valence-corrected chi connectivity index (χ0v) is 19.8. The van der Waals surface area contributed by atoms with Crippen molar-refractivity contribution in [1.29, 1.82) is 0 Å². The minimum atomic E-state index is -0.318. The SMILES string of the molecule is CCCN(CC(=O)N(Cc1ccc(F)cc1)Cc1sccc1C)C(=O)c1cccc(Cl)c1. The smallest absolute Gasteiger partial charge is 0.254 e. The minimum absolute atomic E-state index is 0.0369. The number of carbonyl (C=O) groups is 2. The van der Waals surface area contributed by atoms with Crippen molar-refractivity contribution in [2.45, 2.75) is 33.4 Å². The Morgan fingerprint density at radius 3 is 2.41 bits per heavy atom. The molecule has 0 N–H and O–H groups in total. The Bertz CT molecular complexity index is 1070. The van der Waals surface area contributed by atoms with Crippen molar-refractivity contribution in [3.63, 3.8) is 0 Å². The van der Waals surface area contributed by atoms with Crippen molar-refractivity contribution >= 4 is 34.8 Å². The van der Waals surface area contributed by atoms with Gasteiger partial charge >= 0.3 is 0 Å². The molecule has 0 atom stereocenters. The molecule has 0 unspecified atom stereocenters. The van der Waals surface area contributed by atoms with Gasteiger partial charge in [0.1, 0.15) is 12.4 Å².